The van der Waals surface area contributed by atoms with Gasteiger partial charge in [0.2, 0.25) is 0 Å². The first-order chi connectivity index (χ1) is 8.36. The van der Waals surface area contributed by atoms with Crippen LogP contribution < -0.4 is 0 Å². The normalized spacial score (nSPS) is 12.8. The fourth-order valence-electron chi connectivity index (χ4n) is 1.83. The Kier molecular flexibility index (Phi) is 2.57. The van der Waals surface area contributed by atoms with Crippen molar-refractivity contribution < 1.29 is 0 Å². The Balaban J connectivity index is 2.10. The maximum absolute atomic E-state index is 4.61. The largest absolute Gasteiger partial charge is 0.227 e. The van der Waals surface area contributed by atoms with E-state index in [2.05, 4.69) is 22.9 Å². The minimum atomic E-state index is -0.108. The van der Waals surface area contributed by atoms with E-state index in [-0.39, 0.29) is 5.37 Å². The molecule has 1 unspecified atom stereocenters. The Morgan fingerprint density at radius 2 is 1.65 bits per heavy atom. The molecular weight excluding hydrogens is 230 g/mol. The molecule has 0 bridgehead atoms. The van der Waals surface area contributed by atoms with Crippen LogP contribution in [0.5, 0.6) is 0 Å². The SMILES string of the molecule is SC(c1ccccc1)n1nnc2ccccc21. The highest BCUT2D eigenvalue weighted by Gasteiger charge is 2.12. The van der Waals surface area contributed by atoms with E-state index >= 15 is 0 Å². The Bertz CT molecular complexity index is 633. The van der Waals surface area contributed by atoms with E-state index in [4.69, 9.17) is 0 Å². The molecule has 17 heavy (non-hydrogen) atoms. The number of para-hydroxylation sites is 1. The zero-order valence-corrected chi connectivity index (χ0v) is 9.96. The molecule has 0 N–H and O–H groups in total. The summed E-state index contributed by atoms with van der Waals surface area (Å²) in [6.07, 6.45) is 0. The van der Waals surface area contributed by atoms with Crippen molar-refractivity contribution in [3.05, 3.63) is 60.2 Å². The lowest BCUT2D eigenvalue weighted by Gasteiger charge is -2.11. The molecule has 84 valence electrons. The monoisotopic (exact) mass is 241 g/mol. The van der Waals surface area contributed by atoms with Gasteiger partial charge in [-0.3, -0.25) is 0 Å². The lowest BCUT2D eigenvalue weighted by molar-refractivity contribution is 0.659. The molecule has 0 saturated carbocycles. The summed E-state index contributed by atoms with van der Waals surface area (Å²) >= 11 is 4.61. The molecule has 4 heteroatoms. The molecule has 1 heterocycles. The lowest BCUT2D eigenvalue weighted by Crippen LogP contribution is -2.06. The quantitative estimate of drug-likeness (QED) is 0.699. The number of rotatable bonds is 2. The van der Waals surface area contributed by atoms with Gasteiger partial charge in [0, 0.05) is 0 Å². The molecule has 0 saturated heterocycles. The minimum absolute atomic E-state index is 0.108. The second-order valence-corrected chi connectivity index (χ2v) is 4.30. The smallest absolute Gasteiger partial charge is 0.122 e. The second kappa shape index (κ2) is 4.22. The van der Waals surface area contributed by atoms with Gasteiger partial charge in [0.1, 0.15) is 10.9 Å². The fourth-order valence-corrected chi connectivity index (χ4v) is 2.18. The van der Waals surface area contributed by atoms with E-state index < -0.39 is 0 Å². The van der Waals surface area contributed by atoms with Gasteiger partial charge >= 0.3 is 0 Å². The summed E-state index contributed by atoms with van der Waals surface area (Å²) in [6, 6.07) is 17.9. The van der Waals surface area contributed by atoms with Gasteiger partial charge in [-0.1, -0.05) is 47.7 Å². The minimum Gasteiger partial charge on any atom is -0.227 e. The maximum Gasteiger partial charge on any atom is 0.122 e. The highest BCUT2D eigenvalue weighted by molar-refractivity contribution is 7.80. The van der Waals surface area contributed by atoms with Crippen LogP contribution in [0.2, 0.25) is 0 Å². The summed E-state index contributed by atoms with van der Waals surface area (Å²) < 4.78 is 1.83. The van der Waals surface area contributed by atoms with Crippen LogP contribution in [0.15, 0.2) is 54.6 Å². The third-order valence-corrected chi connectivity index (χ3v) is 3.22. The van der Waals surface area contributed by atoms with Crippen LogP contribution in [-0.4, -0.2) is 15.0 Å². The third-order valence-electron chi connectivity index (χ3n) is 2.71. The number of hydrogen-bond acceptors (Lipinski definition) is 3. The van der Waals surface area contributed by atoms with E-state index in [0.717, 1.165) is 16.6 Å². The summed E-state index contributed by atoms with van der Waals surface area (Å²) in [5.41, 5.74) is 2.99. The first-order valence-corrected chi connectivity index (χ1v) is 5.91. The van der Waals surface area contributed by atoms with Gasteiger partial charge in [-0.15, -0.1) is 17.7 Å². The van der Waals surface area contributed by atoms with Crippen LogP contribution in [0.4, 0.5) is 0 Å². The average Bonchev–Trinajstić information content (AvgIpc) is 2.83. The Morgan fingerprint density at radius 1 is 0.941 bits per heavy atom. The van der Waals surface area contributed by atoms with Crippen molar-refractivity contribution in [1.82, 2.24) is 15.0 Å². The van der Waals surface area contributed by atoms with Gasteiger partial charge in [0.15, 0.2) is 0 Å². The van der Waals surface area contributed by atoms with E-state index in [1.807, 2.05) is 59.3 Å². The summed E-state index contributed by atoms with van der Waals surface area (Å²) in [4.78, 5) is 0. The topological polar surface area (TPSA) is 30.7 Å². The van der Waals surface area contributed by atoms with Gasteiger partial charge in [-0.25, -0.2) is 4.68 Å². The van der Waals surface area contributed by atoms with E-state index in [1.165, 1.54) is 0 Å². The highest BCUT2D eigenvalue weighted by atomic mass is 32.1. The number of hydrogen-bond donors (Lipinski definition) is 1. The summed E-state index contributed by atoms with van der Waals surface area (Å²) in [6.45, 7) is 0. The van der Waals surface area contributed by atoms with Crippen molar-refractivity contribution in [2.45, 2.75) is 5.37 Å². The van der Waals surface area contributed by atoms with Gasteiger partial charge in [-0.2, -0.15) is 0 Å². The Labute approximate surface area is 104 Å². The lowest BCUT2D eigenvalue weighted by atomic mass is 10.2. The first-order valence-electron chi connectivity index (χ1n) is 5.39. The number of nitrogens with zero attached hydrogens (tertiary/aromatic N) is 3. The van der Waals surface area contributed by atoms with Crippen LogP contribution >= 0.6 is 12.6 Å². The van der Waals surface area contributed by atoms with Gasteiger partial charge in [0.05, 0.1) is 5.52 Å². The standard InChI is InChI=1S/C13H11N3S/c17-13(10-6-2-1-3-7-10)16-12-9-5-4-8-11(12)14-15-16/h1-9,13,17H. The average molecular weight is 241 g/mol. The van der Waals surface area contributed by atoms with Crippen molar-refractivity contribution in [3.63, 3.8) is 0 Å². The molecule has 0 amide bonds. The molecular formula is C13H11N3S. The van der Waals surface area contributed by atoms with Crippen LogP contribution in [-0.2, 0) is 0 Å². The number of benzene rings is 2. The predicted molar refractivity (Wildman–Crippen MR) is 71.1 cm³/mol. The van der Waals surface area contributed by atoms with Crippen molar-refractivity contribution in [2.75, 3.05) is 0 Å². The van der Waals surface area contributed by atoms with Crippen molar-refractivity contribution in [3.8, 4) is 0 Å². The molecule has 3 aromatic rings. The molecule has 3 rings (SSSR count). The molecule has 1 atom stereocenters. The molecule has 0 fully saturated rings. The van der Waals surface area contributed by atoms with E-state index in [9.17, 15) is 0 Å². The van der Waals surface area contributed by atoms with Crippen molar-refractivity contribution in [2.24, 2.45) is 0 Å². The zero-order chi connectivity index (χ0) is 11.7. The molecule has 1 aromatic heterocycles. The summed E-state index contributed by atoms with van der Waals surface area (Å²) in [5.74, 6) is 0. The Morgan fingerprint density at radius 3 is 2.47 bits per heavy atom. The van der Waals surface area contributed by atoms with Crippen LogP contribution in [0.1, 0.15) is 10.9 Å². The third kappa shape index (κ3) is 1.80. The van der Waals surface area contributed by atoms with Gasteiger partial charge < -0.3 is 0 Å². The van der Waals surface area contributed by atoms with Crippen LogP contribution in [0.3, 0.4) is 0 Å². The van der Waals surface area contributed by atoms with Gasteiger partial charge in [0.25, 0.3) is 0 Å². The maximum atomic E-state index is 4.61. The first kappa shape index (κ1) is 10.4. The summed E-state index contributed by atoms with van der Waals surface area (Å²) in [7, 11) is 0. The number of fused-ring (bicyclic) bond motifs is 1. The molecule has 0 aliphatic carbocycles. The molecule has 0 spiro atoms. The molecule has 2 aromatic carbocycles. The predicted octanol–water partition coefficient (Wildman–Crippen LogP) is 2.91. The molecule has 0 aliphatic heterocycles. The molecule has 0 aliphatic rings. The van der Waals surface area contributed by atoms with Crippen LogP contribution in [0.25, 0.3) is 11.0 Å². The molecule has 0 radical (unpaired) electrons. The van der Waals surface area contributed by atoms with Crippen LogP contribution in [0, 0.1) is 0 Å². The van der Waals surface area contributed by atoms with E-state index in [1.54, 1.807) is 0 Å². The van der Waals surface area contributed by atoms with Crippen molar-refractivity contribution in [1.29, 1.82) is 0 Å². The summed E-state index contributed by atoms with van der Waals surface area (Å²) in [5, 5.41) is 8.18. The zero-order valence-electron chi connectivity index (χ0n) is 9.06. The van der Waals surface area contributed by atoms with Crippen molar-refractivity contribution >= 4 is 23.7 Å². The number of aromatic nitrogens is 3. The van der Waals surface area contributed by atoms with Gasteiger partial charge in [-0.05, 0) is 17.7 Å². The highest BCUT2D eigenvalue weighted by Crippen LogP contribution is 2.24. The van der Waals surface area contributed by atoms with E-state index in [0.29, 0.717) is 0 Å². The fraction of sp³-hybridized carbons (Fsp3) is 0.0769. The second-order valence-electron chi connectivity index (χ2n) is 3.81. The number of thiol groups is 1. The molecule has 3 nitrogen and oxygen atoms in total. The Hall–Kier alpha value is -1.81.